The predicted molar refractivity (Wildman–Crippen MR) is 111 cm³/mol. The average Bonchev–Trinajstić information content (AvgIpc) is 3.11. The molecule has 154 valence electrons. The van der Waals surface area contributed by atoms with Gasteiger partial charge in [-0.2, -0.15) is 0 Å². The third-order valence-corrected chi connectivity index (χ3v) is 5.18. The van der Waals surface area contributed by atoms with Gasteiger partial charge in [-0.15, -0.1) is 0 Å². The van der Waals surface area contributed by atoms with Crippen molar-refractivity contribution in [1.29, 1.82) is 0 Å². The van der Waals surface area contributed by atoms with Gasteiger partial charge in [-0.05, 0) is 49.2 Å². The maximum atomic E-state index is 13.4. The summed E-state index contributed by atoms with van der Waals surface area (Å²) in [5, 5.41) is 2.66. The standard InChI is InChI=1S/C22H28N4O3/c1-25-21(27)19-14-18(24)20(15-6-3-2-4-7-15)26(19)22(28)16-8-10-17(11-9-16)29-13-5-12-23/h2-4,6-11,18-20H,5,12-14,23-24H2,1H3,(H,25,27)/t18-,19+,20+/m1/s1. The van der Waals surface area contributed by atoms with Crippen LogP contribution in [0.5, 0.6) is 5.75 Å². The summed E-state index contributed by atoms with van der Waals surface area (Å²) >= 11 is 0. The van der Waals surface area contributed by atoms with E-state index in [0.29, 0.717) is 30.9 Å². The van der Waals surface area contributed by atoms with Gasteiger partial charge in [-0.1, -0.05) is 30.3 Å². The van der Waals surface area contributed by atoms with Crippen LogP contribution in [0.1, 0.15) is 34.8 Å². The van der Waals surface area contributed by atoms with E-state index in [0.717, 1.165) is 12.0 Å². The lowest BCUT2D eigenvalue weighted by atomic mass is 10.0. The van der Waals surface area contributed by atoms with Crippen LogP contribution in [0.2, 0.25) is 0 Å². The smallest absolute Gasteiger partial charge is 0.255 e. The molecule has 0 unspecified atom stereocenters. The quantitative estimate of drug-likeness (QED) is 0.614. The minimum atomic E-state index is -0.617. The molecular formula is C22H28N4O3. The van der Waals surface area contributed by atoms with E-state index < -0.39 is 6.04 Å². The van der Waals surface area contributed by atoms with E-state index in [2.05, 4.69) is 5.32 Å². The van der Waals surface area contributed by atoms with Crippen LogP contribution in [0.3, 0.4) is 0 Å². The first-order valence-corrected chi connectivity index (χ1v) is 9.84. The van der Waals surface area contributed by atoms with E-state index in [4.69, 9.17) is 16.2 Å². The van der Waals surface area contributed by atoms with Crippen molar-refractivity contribution in [2.24, 2.45) is 11.5 Å². The molecule has 0 aromatic heterocycles. The highest BCUT2D eigenvalue weighted by molar-refractivity contribution is 5.98. The van der Waals surface area contributed by atoms with Crippen molar-refractivity contribution in [1.82, 2.24) is 10.2 Å². The van der Waals surface area contributed by atoms with E-state index in [1.54, 1.807) is 36.2 Å². The summed E-state index contributed by atoms with van der Waals surface area (Å²) < 4.78 is 5.60. The Bertz CT molecular complexity index is 826. The lowest BCUT2D eigenvalue weighted by Gasteiger charge is -2.31. The summed E-state index contributed by atoms with van der Waals surface area (Å²) in [5.74, 6) is 0.235. The number of carbonyl (C=O) groups is 2. The molecule has 29 heavy (non-hydrogen) atoms. The Morgan fingerprint density at radius 2 is 1.83 bits per heavy atom. The molecule has 3 rings (SSSR count). The molecule has 1 heterocycles. The van der Waals surface area contributed by atoms with Gasteiger partial charge in [0.05, 0.1) is 12.6 Å². The molecule has 1 aliphatic rings. The molecule has 0 aliphatic carbocycles. The molecule has 3 atom stereocenters. The molecule has 1 aliphatic heterocycles. The van der Waals surface area contributed by atoms with Gasteiger partial charge in [0.2, 0.25) is 5.91 Å². The van der Waals surface area contributed by atoms with Gasteiger partial charge < -0.3 is 26.4 Å². The molecule has 7 nitrogen and oxygen atoms in total. The molecule has 2 amide bonds. The Morgan fingerprint density at radius 1 is 1.14 bits per heavy atom. The van der Waals surface area contributed by atoms with Crippen LogP contribution < -0.4 is 21.5 Å². The zero-order valence-electron chi connectivity index (χ0n) is 16.6. The van der Waals surface area contributed by atoms with E-state index >= 15 is 0 Å². The number of likely N-dealkylation sites (N-methyl/N-ethyl adjacent to an activating group) is 1. The number of nitrogens with zero attached hydrogens (tertiary/aromatic N) is 1. The summed E-state index contributed by atoms with van der Waals surface area (Å²) in [7, 11) is 1.57. The third-order valence-electron chi connectivity index (χ3n) is 5.18. The topological polar surface area (TPSA) is 111 Å². The van der Waals surface area contributed by atoms with Crippen LogP contribution in [0.4, 0.5) is 0 Å². The van der Waals surface area contributed by atoms with Crippen molar-refractivity contribution >= 4 is 11.8 Å². The minimum absolute atomic E-state index is 0.214. The number of benzene rings is 2. The SMILES string of the molecule is CNC(=O)[C@@H]1C[C@@H](N)[C@H](c2ccccc2)N1C(=O)c1ccc(OCCCN)cc1. The van der Waals surface area contributed by atoms with Crippen LogP contribution in [-0.2, 0) is 4.79 Å². The lowest BCUT2D eigenvalue weighted by Crippen LogP contribution is -2.46. The van der Waals surface area contributed by atoms with E-state index in [1.807, 2.05) is 30.3 Å². The largest absolute Gasteiger partial charge is 0.494 e. The van der Waals surface area contributed by atoms with Crippen molar-refractivity contribution in [3.05, 3.63) is 65.7 Å². The Hall–Kier alpha value is -2.90. The maximum Gasteiger partial charge on any atom is 0.255 e. The number of amides is 2. The monoisotopic (exact) mass is 396 g/mol. The Kier molecular flexibility index (Phi) is 6.85. The van der Waals surface area contributed by atoms with Crippen molar-refractivity contribution in [3.63, 3.8) is 0 Å². The summed E-state index contributed by atoms with van der Waals surface area (Å²) in [5.41, 5.74) is 13.3. The van der Waals surface area contributed by atoms with Crippen LogP contribution in [0, 0.1) is 0 Å². The van der Waals surface area contributed by atoms with Crippen LogP contribution in [0.15, 0.2) is 54.6 Å². The maximum absolute atomic E-state index is 13.4. The summed E-state index contributed by atoms with van der Waals surface area (Å²) in [6, 6.07) is 15.2. The van der Waals surface area contributed by atoms with Gasteiger partial charge in [0, 0.05) is 18.7 Å². The van der Waals surface area contributed by atoms with E-state index in [-0.39, 0.29) is 23.9 Å². The number of ether oxygens (including phenoxy) is 1. The predicted octanol–water partition coefficient (Wildman–Crippen LogP) is 1.44. The fraction of sp³-hybridized carbons (Fsp3) is 0.364. The molecule has 0 bridgehead atoms. The molecule has 7 heteroatoms. The second-order valence-corrected chi connectivity index (χ2v) is 7.11. The van der Waals surface area contributed by atoms with Crippen LogP contribution >= 0.6 is 0 Å². The van der Waals surface area contributed by atoms with Crippen molar-refractivity contribution in [3.8, 4) is 5.75 Å². The highest BCUT2D eigenvalue weighted by Gasteiger charge is 2.46. The summed E-state index contributed by atoms with van der Waals surface area (Å²) in [4.78, 5) is 27.5. The van der Waals surface area contributed by atoms with Crippen molar-refractivity contribution in [2.75, 3.05) is 20.2 Å². The fourth-order valence-corrected chi connectivity index (χ4v) is 3.74. The van der Waals surface area contributed by atoms with Gasteiger partial charge in [0.15, 0.2) is 0 Å². The molecule has 5 N–H and O–H groups in total. The Labute approximate surface area is 171 Å². The molecule has 2 aromatic carbocycles. The first kappa shape index (κ1) is 20.8. The first-order chi connectivity index (χ1) is 14.1. The Balaban J connectivity index is 1.88. The summed E-state index contributed by atoms with van der Waals surface area (Å²) in [6.07, 6.45) is 1.17. The van der Waals surface area contributed by atoms with E-state index in [1.165, 1.54) is 0 Å². The van der Waals surface area contributed by atoms with Crippen LogP contribution in [0.25, 0.3) is 0 Å². The zero-order chi connectivity index (χ0) is 20.8. The van der Waals surface area contributed by atoms with Gasteiger partial charge >= 0.3 is 0 Å². The second-order valence-electron chi connectivity index (χ2n) is 7.11. The fourth-order valence-electron chi connectivity index (χ4n) is 3.74. The molecule has 0 saturated carbocycles. The van der Waals surface area contributed by atoms with Gasteiger partial charge in [-0.25, -0.2) is 0 Å². The molecule has 2 aromatic rings. The highest BCUT2D eigenvalue weighted by Crippen LogP contribution is 2.37. The molecule has 0 spiro atoms. The second kappa shape index (κ2) is 9.54. The number of nitrogens with one attached hydrogen (secondary N) is 1. The van der Waals surface area contributed by atoms with Crippen molar-refractivity contribution < 1.29 is 14.3 Å². The number of hydrogen-bond donors (Lipinski definition) is 3. The number of likely N-dealkylation sites (tertiary alicyclic amines) is 1. The number of rotatable bonds is 7. The lowest BCUT2D eigenvalue weighted by molar-refractivity contribution is -0.124. The zero-order valence-corrected chi connectivity index (χ0v) is 16.6. The van der Waals surface area contributed by atoms with Gasteiger partial charge in [-0.3, -0.25) is 9.59 Å². The molecule has 1 saturated heterocycles. The molecular weight excluding hydrogens is 368 g/mol. The van der Waals surface area contributed by atoms with Crippen LogP contribution in [-0.4, -0.2) is 49.0 Å². The van der Waals surface area contributed by atoms with Gasteiger partial charge in [0.25, 0.3) is 5.91 Å². The Morgan fingerprint density at radius 3 is 2.45 bits per heavy atom. The number of hydrogen-bond acceptors (Lipinski definition) is 5. The van der Waals surface area contributed by atoms with Crippen molar-refractivity contribution in [2.45, 2.75) is 31.0 Å². The normalized spacial score (nSPS) is 21.1. The summed E-state index contributed by atoms with van der Waals surface area (Å²) in [6.45, 7) is 1.09. The average molecular weight is 396 g/mol. The minimum Gasteiger partial charge on any atom is -0.494 e. The van der Waals surface area contributed by atoms with Gasteiger partial charge in [0.1, 0.15) is 11.8 Å². The first-order valence-electron chi connectivity index (χ1n) is 9.84. The highest BCUT2D eigenvalue weighted by atomic mass is 16.5. The number of carbonyl (C=O) groups excluding carboxylic acids is 2. The third kappa shape index (κ3) is 4.58. The number of nitrogens with two attached hydrogens (primary N) is 2. The van der Waals surface area contributed by atoms with E-state index in [9.17, 15) is 9.59 Å². The molecule has 0 radical (unpaired) electrons. The molecule has 1 fully saturated rings.